The van der Waals surface area contributed by atoms with Crippen LogP contribution < -0.4 is 9.64 Å². The number of rotatable bonds is 8. The highest BCUT2D eigenvalue weighted by molar-refractivity contribution is 5.57. The van der Waals surface area contributed by atoms with Gasteiger partial charge in [-0.2, -0.15) is 0 Å². The number of aliphatic hydroxyl groups excluding tert-OH is 1. The number of piperidine rings is 1. The van der Waals surface area contributed by atoms with Crippen LogP contribution in [0.25, 0.3) is 0 Å². The molecule has 0 unspecified atom stereocenters. The fourth-order valence-corrected chi connectivity index (χ4v) is 4.37. The van der Waals surface area contributed by atoms with Crippen molar-refractivity contribution in [3.05, 3.63) is 23.8 Å². The van der Waals surface area contributed by atoms with Crippen LogP contribution in [0.5, 0.6) is 5.75 Å². The predicted octanol–water partition coefficient (Wildman–Crippen LogP) is 2.42. The highest BCUT2D eigenvalue weighted by Gasteiger charge is 2.27. The zero-order chi connectivity index (χ0) is 19.1. The van der Waals surface area contributed by atoms with Gasteiger partial charge < -0.3 is 19.6 Å². The van der Waals surface area contributed by atoms with Crippen LogP contribution in [0.4, 0.5) is 5.69 Å². The Bertz CT molecular complexity index is 565. The van der Waals surface area contributed by atoms with E-state index < -0.39 is 0 Å². The summed E-state index contributed by atoms with van der Waals surface area (Å²) in [6.45, 7) is 7.35. The number of aryl methyl sites for hydroxylation is 1. The molecule has 0 spiro atoms. The summed E-state index contributed by atoms with van der Waals surface area (Å²) in [4.78, 5) is 7.68. The molecule has 2 saturated heterocycles. The number of benzene rings is 1. The van der Waals surface area contributed by atoms with Crippen LogP contribution in [0.2, 0.25) is 0 Å². The number of nitrogens with zero attached hydrogens (tertiary/aromatic N) is 3. The van der Waals surface area contributed by atoms with E-state index in [9.17, 15) is 0 Å². The minimum Gasteiger partial charge on any atom is -0.496 e. The van der Waals surface area contributed by atoms with E-state index in [1.807, 2.05) is 0 Å². The third-order valence-corrected chi connectivity index (χ3v) is 6.17. The SMILES string of the molecule is COc1[c]cc(CCCCCO)c(N2CCC(N3CCN(C)CC3)CC2)c1. The molecule has 0 amide bonds. The van der Waals surface area contributed by atoms with Crippen molar-refractivity contribution in [2.45, 2.75) is 44.6 Å². The molecule has 0 bridgehead atoms. The fraction of sp³-hybridized carbons (Fsp3) is 0.727. The van der Waals surface area contributed by atoms with Gasteiger partial charge in [0.25, 0.3) is 0 Å². The zero-order valence-corrected chi connectivity index (χ0v) is 17.1. The van der Waals surface area contributed by atoms with E-state index in [1.54, 1.807) is 7.11 Å². The van der Waals surface area contributed by atoms with Gasteiger partial charge in [-0.1, -0.05) is 6.42 Å². The Hall–Kier alpha value is -1.30. The highest BCUT2D eigenvalue weighted by Crippen LogP contribution is 2.30. The van der Waals surface area contributed by atoms with Gasteiger partial charge in [-0.05, 0) is 50.8 Å². The van der Waals surface area contributed by atoms with Crippen LogP contribution in [-0.2, 0) is 6.42 Å². The first-order chi connectivity index (χ1) is 13.2. The number of methoxy groups -OCH3 is 1. The molecule has 2 heterocycles. The Balaban J connectivity index is 1.60. The number of anilines is 1. The first-order valence-electron chi connectivity index (χ1n) is 10.6. The number of hydrogen-bond donors (Lipinski definition) is 1. The maximum atomic E-state index is 9.00. The molecule has 1 radical (unpaired) electrons. The van der Waals surface area contributed by atoms with Gasteiger partial charge in [0.05, 0.1) is 7.11 Å². The molecule has 5 heteroatoms. The van der Waals surface area contributed by atoms with Crippen molar-refractivity contribution in [3.8, 4) is 5.75 Å². The molecule has 0 aliphatic carbocycles. The van der Waals surface area contributed by atoms with E-state index in [2.05, 4.69) is 39.9 Å². The van der Waals surface area contributed by atoms with Crippen molar-refractivity contribution in [3.63, 3.8) is 0 Å². The molecule has 1 aromatic rings. The Morgan fingerprint density at radius 2 is 1.81 bits per heavy atom. The van der Waals surface area contributed by atoms with E-state index in [0.717, 1.165) is 50.6 Å². The number of hydrogen-bond acceptors (Lipinski definition) is 5. The van der Waals surface area contributed by atoms with Crippen molar-refractivity contribution < 1.29 is 9.84 Å². The third-order valence-electron chi connectivity index (χ3n) is 6.17. The van der Waals surface area contributed by atoms with Crippen molar-refractivity contribution >= 4 is 5.69 Å². The van der Waals surface area contributed by atoms with E-state index in [0.29, 0.717) is 6.61 Å². The van der Waals surface area contributed by atoms with Crippen molar-refractivity contribution in [2.75, 3.05) is 64.9 Å². The molecule has 5 nitrogen and oxygen atoms in total. The Kier molecular flexibility index (Phi) is 7.80. The number of ether oxygens (including phenoxy) is 1. The molecule has 151 valence electrons. The lowest BCUT2D eigenvalue weighted by molar-refractivity contribution is 0.0982. The summed E-state index contributed by atoms with van der Waals surface area (Å²) in [6.07, 6.45) is 6.63. The zero-order valence-electron chi connectivity index (χ0n) is 17.1. The fourth-order valence-electron chi connectivity index (χ4n) is 4.37. The van der Waals surface area contributed by atoms with E-state index >= 15 is 0 Å². The number of likely N-dealkylation sites (N-methyl/N-ethyl adjacent to an activating group) is 1. The summed E-state index contributed by atoms with van der Waals surface area (Å²) in [6, 6.07) is 8.27. The molecule has 0 aromatic heterocycles. The van der Waals surface area contributed by atoms with Gasteiger partial charge in [0.15, 0.2) is 0 Å². The Labute approximate surface area is 164 Å². The molecule has 2 fully saturated rings. The average Bonchev–Trinajstić information content (AvgIpc) is 2.72. The summed E-state index contributed by atoms with van der Waals surface area (Å²) in [5, 5.41) is 9.00. The number of unbranched alkanes of at least 4 members (excludes halogenated alkanes) is 2. The van der Waals surface area contributed by atoms with Crippen LogP contribution in [0.3, 0.4) is 0 Å². The molecule has 0 atom stereocenters. The minimum absolute atomic E-state index is 0.293. The average molecular weight is 375 g/mol. The quantitative estimate of drug-likeness (QED) is 0.708. The monoisotopic (exact) mass is 374 g/mol. The van der Waals surface area contributed by atoms with Crippen molar-refractivity contribution in [1.82, 2.24) is 9.80 Å². The molecule has 3 rings (SSSR count). The smallest absolute Gasteiger partial charge is 0.128 e. The molecule has 2 aliphatic rings. The lowest BCUT2D eigenvalue weighted by Gasteiger charge is -2.43. The van der Waals surface area contributed by atoms with Gasteiger partial charge >= 0.3 is 0 Å². The second-order valence-electron chi connectivity index (χ2n) is 8.00. The summed E-state index contributed by atoms with van der Waals surface area (Å²) < 4.78 is 5.44. The van der Waals surface area contributed by atoms with E-state index in [1.165, 1.54) is 50.3 Å². The summed E-state index contributed by atoms with van der Waals surface area (Å²) in [5.74, 6) is 0.824. The van der Waals surface area contributed by atoms with Crippen LogP contribution >= 0.6 is 0 Å². The lowest BCUT2D eigenvalue weighted by atomic mass is 9.99. The van der Waals surface area contributed by atoms with Gasteiger partial charge in [0.2, 0.25) is 0 Å². The minimum atomic E-state index is 0.293. The van der Waals surface area contributed by atoms with Gasteiger partial charge in [-0.3, -0.25) is 4.90 Å². The molecule has 1 aromatic carbocycles. The van der Waals surface area contributed by atoms with Crippen LogP contribution in [-0.4, -0.2) is 81.0 Å². The Morgan fingerprint density at radius 3 is 2.48 bits per heavy atom. The molecule has 2 aliphatic heterocycles. The van der Waals surface area contributed by atoms with E-state index in [4.69, 9.17) is 9.84 Å². The maximum Gasteiger partial charge on any atom is 0.128 e. The van der Waals surface area contributed by atoms with Crippen molar-refractivity contribution in [2.24, 2.45) is 0 Å². The van der Waals surface area contributed by atoms with Gasteiger partial charge in [-0.25, -0.2) is 0 Å². The summed E-state index contributed by atoms with van der Waals surface area (Å²) in [7, 11) is 3.94. The second kappa shape index (κ2) is 10.3. The van der Waals surface area contributed by atoms with E-state index in [-0.39, 0.29) is 0 Å². The Morgan fingerprint density at radius 1 is 1.07 bits per heavy atom. The first kappa shape index (κ1) is 20.4. The highest BCUT2D eigenvalue weighted by atomic mass is 16.5. The first-order valence-corrected chi connectivity index (χ1v) is 10.6. The molecule has 27 heavy (non-hydrogen) atoms. The molecular weight excluding hydrogens is 338 g/mol. The van der Waals surface area contributed by atoms with Crippen molar-refractivity contribution in [1.29, 1.82) is 0 Å². The summed E-state index contributed by atoms with van der Waals surface area (Å²) >= 11 is 0. The maximum absolute atomic E-state index is 9.00. The number of aliphatic hydroxyl groups is 1. The van der Waals surface area contributed by atoms with Gasteiger partial charge in [0, 0.05) is 69.7 Å². The van der Waals surface area contributed by atoms with Gasteiger partial charge in [-0.15, -0.1) is 0 Å². The van der Waals surface area contributed by atoms with Crippen LogP contribution in [0.15, 0.2) is 12.1 Å². The van der Waals surface area contributed by atoms with Gasteiger partial charge in [0.1, 0.15) is 5.75 Å². The lowest BCUT2D eigenvalue weighted by Crippen LogP contribution is -2.52. The molecule has 1 N–H and O–H groups in total. The second-order valence-corrected chi connectivity index (χ2v) is 8.00. The van der Waals surface area contributed by atoms with Crippen LogP contribution in [0, 0.1) is 6.07 Å². The topological polar surface area (TPSA) is 39.2 Å². The molecule has 0 saturated carbocycles. The number of piperazine rings is 1. The summed E-state index contributed by atoms with van der Waals surface area (Å²) in [5.41, 5.74) is 2.69. The largest absolute Gasteiger partial charge is 0.496 e. The predicted molar refractivity (Wildman–Crippen MR) is 111 cm³/mol. The van der Waals surface area contributed by atoms with Crippen LogP contribution in [0.1, 0.15) is 37.7 Å². The standard InChI is InChI=1S/C22H36N3O2/c1-23-13-15-24(16-14-23)20-9-11-25(12-10-20)22-18-21(27-2)8-7-19(22)6-4-3-5-17-26/h7,18,20,26H,3-6,9-17H2,1-2H3. The third kappa shape index (κ3) is 5.59. The molecular formula is C22H36N3O2. The normalized spacial score (nSPS) is 20.2.